The molecule has 21 heavy (non-hydrogen) atoms. The summed E-state index contributed by atoms with van der Waals surface area (Å²) >= 11 is 11.9. The Morgan fingerprint density at radius 3 is 2.48 bits per heavy atom. The fourth-order valence-corrected chi connectivity index (χ4v) is 3.22. The molecule has 6 heteroatoms. The van der Waals surface area contributed by atoms with E-state index < -0.39 is 11.9 Å². The molecule has 0 heterocycles. The van der Waals surface area contributed by atoms with E-state index in [9.17, 15) is 9.59 Å². The van der Waals surface area contributed by atoms with Crippen molar-refractivity contribution in [1.29, 1.82) is 0 Å². The van der Waals surface area contributed by atoms with Crippen molar-refractivity contribution in [2.75, 3.05) is 0 Å². The maximum atomic E-state index is 12.3. The summed E-state index contributed by atoms with van der Waals surface area (Å²) in [4.78, 5) is 23.2. The number of primary amides is 1. The number of hydrogen-bond acceptors (Lipinski definition) is 2. The molecule has 0 aromatic heterocycles. The SMILES string of the molecule is NC(=O)NC(=O)C(CC1CCCC1)c1ccc(Cl)c(Cl)c1. The summed E-state index contributed by atoms with van der Waals surface area (Å²) in [7, 11) is 0. The normalized spacial score (nSPS) is 16.7. The first-order valence-corrected chi connectivity index (χ1v) is 7.78. The Morgan fingerprint density at radius 2 is 1.90 bits per heavy atom. The Labute approximate surface area is 134 Å². The summed E-state index contributed by atoms with van der Waals surface area (Å²) in [5.74, 6) is -0.328. The van der Waals surface area contributed by atoms with Crippen LogP contribution in [0.5, 0.6) is 0 Å². The van der Waals surface area contributed by atoms with E-state index in [2.05, 4.69) is 5.32 Å². The smallest absolute Gasteiger partial charge is 0.318 e. The highest BCUT2D eigenvalue weighted by molar-refractivity contribution is 6.42. The van der Waals surface area contributed by atoms with Crippen LogP contribution < -0.4 is 11.1 Å². The van der Waals surface area contributed by atoms with Gasteiger partial charge in [0.2, 0.25) is 5.91 Å². The molecule has 3 amide bonds. The second-order valence-corrected chi connectivity index (χ2v) is 6.28. The molecule has 1 aromatic rings. The van der Waals surface area contributed by atoms with Crippen LogP contribution in [-0.4, -0.2) is 11.9 Å². The van der Waals surface area contributed by atoms with Crippen LogP contribution >= 0.6 is 23.2 Å². The molecule has 0 spiro atoms. The lowest BCUT2D eigenvalue weighted by molar-refractivity contribution is -0.121. The van der Waals surface area contributed by atoms with Crippen LogP contribution in [0.15, 0.2) is 18.2 Å². The van der Waals surface area contributed by atoms with E-state index in [-0.39, 0.29) is 5.91 Å². The predicted molar refractivity (Wildman–Crippen MR) is 83.5 cm³/mol. The number of urea groups is 1. The molecule has 1 fully saturated rings. The monoisotopic (exact) mass is 328 g/mol. The number of amides is 3. The van der Waals surface area contributed by atoms with Crippen molar-refractivity contribution < 1.29 is 9.59 Å². The van der Waals surface area contributed by atoms with Crippen molar-refractivity contribution in [3.05, 3.63) is 33.8 Å². The number of rotatable bonds is 4. The third kappa shape index (κ3) is 4.35. The van der Waals surface area contributed by atoms with Gasteiger partial charge in [-0.2, -0.15) is 0 Å². The van der Waals surface area contributed by atoms with Gasteiger partial charge < -0.3 is 5.73 Å². The van der Waals surface area contributed by atoms with Crippen molar-refractivity contribution >= 4 is 35.1 Å². The minimum Gasteiger partial charge on any atom is -0.351 e. The number of nitrogens with one attached hydrogen (secondary N) is 1. The van der Waals surface area contributed by atoms with Crippen LogP contribution in [0.2, 0.25) is 10.0 Å². The van der Waals surface area contributed by atoms with E-state index in [1.807, 2.05) is 0 Å². The van der Waals surface area contributed by atoms with Gasteiger partial charge in [0, 0.05) is 0 Å². The number of imide groups is 1. The first-order valence-electron chi connectivity index (χ1n) is 7.02. The third-order valence-electron chi connectivity index (χ3n) is 3.95. The van der Waals surface area contributed by atoms with E-state index in [4.69, 9.17) is 28.9 Å². The van der Waals surface area contributed by atoms with Gasteiger partial charge in [-0.3, -0.25) is 10.1 Å². The molecule has 0 saturated heterocycles. The number of benzene rings is 1. The molecule has 1 aliphatic carbocycles. The van der Waals surface area contributed by atoms with Crippen LogP contribution in [0.3, 0.4) is 0 Å². The van der Waals surface area contributed by atoms with Gasteiger partial charge in [0.1, 0.15) is 0 Å². The Balaban J connectivity index is 2.22. The summed E-state index contributed by atoms with van der Waals surface area (Å²) < 4.78 is 0. The van der Waals surface area contributed by atoms with Crippen LogP contribution in [0.25, 0.3) is 0 Å². The maximum Gasteiger partial charge on any atom is 0.318 e. The van der Waals surface area contributed by atoms with Gasteiger partial charge in [0.25, 0.3) is 0 Å². The van der Waals surface area contributed by atoms with Crippen LogP contribution in [0, 0.1) is 5.92 Å². The van der Waals surface area contributed by atoms with Crippen molar-refractivity contribution in [1.82, 2.24) is 5.32 Å². The Kier molecular flexibility index (Phi) is 5.48. The molecular formula is C15H18Cl2N2O2. The van der Waals surface area contributed by atoms with Crippen LogP contribution in [0.1, 0.15) is 43.6 Å². The molecule has 1 atom stereocenters. The second kappa shape index (κ2) is 7.14. The first-order chi connectivity index (χ1) is 9.97. The molecule has 1 saturated carbocycles. The Morgan fingerprint density at radius 1 is 1.24 bits per heavy atom. The molecule has 0 bridgehead atoms. The van der Waals surface area contributed by atoms with Gasteiger partial charge in [-0.25, -0.2) is 4.79 Å². The average Bonchev–Trinajstić information content (AvgIpc) is 2.91. The van der Waals surface area contributed by atoms with Gasteiger partial charge in [-0.1, -0.05) is 55.0 Å². The lowest BCUT2D eigenvalue weighted by atomic mass is 9.87. The third-order valence-corrected chi connectivity index (χ3v) is 4.69. The van der Waals surface area contributed by atoms with Gasteiger partial charge >= 0.3 is 6.03 Å². The van der Waals surface area contributed by atoms with E-state index in [0.717, 1.165) is 18.4 Å². The quantitative estimate of drug-likeness (QED) is 0.880. The fourth-order valence-electron chi connectivity index (χ4n) is 2.91. The number of carbonyl (C=O) groups excluding carboxylic acids is 2. The molecule has 0 radical (unpaired) electrons. The Hall–Kier alpha value is -1.26. The minimum atomic E-state index is -0.837. The predicted octanol–water partition coefficient (Wildman–Crippen LogP) is 3.85. The lowest BCUT2D eigenvalue weighted by Gasteiger charge is -2.20. The second-order valence-electron chi connectivity index (χ2n) is 5.47. The maximum absolute atomic E-state index is 12.3. The van der Waals surface area contributed by atoms with E-state index >= 15 is 0 Å². The summed E-state index contributed by atoms with van der Waals surface area (Å²) in [6, 6.07) is 4.29. The summed E-state index contributed by atoms with van der Waals surface area (Å²) in [6.45, 7) is 0. The number of halogens is 2. The summed E-state index contributed by atoms with van der Waals surface area (Å²) in [5, 5.41) is 3.01. The topological polar surface area (TPSA) is 72.2 Å². The lowest BCUT2D eigenvalue weighted by Crippen LogP contribution is -2.38. The minimum absolute atomic E-state index is 0.382. The van der Waals surface area contributed by atoms with Crippen molar-refractivity contribution in [3.8, 4) is 0 Å². The van der Waals surface area contributed by atoms with Gasteiger partial charge in [0.05, 0.1) is 16.0 Å². The van der Waals surface area contributed by atoms with E-state index in [1.165, 1.54) is 12.8 Å². The van der Waals surface area contributed by atoms with Crippen LogP contribution in [0.4, 0.5) is 4.79 Å². The highest BCUT2D eigenvalue weighted by atomic mass is 35.5. The summed E-state index contributed by atoms with van der Waals surface area (Å²) in [5.41, 5.74) is 5.81. The average molecular weight is 329 g/mol. The highest BCUT2D eigenvalue weighted by Gasteiger charge is 2.27. The van der Waals surface area contributed by atoms with Crippen molar-refractivity contribution in [2.45, 2.75) is 38.0 Å². The molecule has 114 valence electrons. The molecule has 1 unspecified atom stereocenters. The van der Waals surface area contributed by atoms with Crippen molar-refractivity contribution in [2.24, 2.45) is 11.7 Å². The van der Waals surface area contributed by atoms with Gasteiger partial charge in [-0.05, 0) is 30.0 Å². The molecule has 1 aliphatic rings. The molecular weight excluding hydrogens is 311 g/mol. The van der Waals surface area contributed by atoms with Gasteiger partial charge in [-0.15, -0.1) is 0 Å². The zero-order chi connectivity index (χ0) is 15.4. The Bertz CT molecular complexity index is 542. The largest absolute Gasteiger partial charge is 0.351 e. The van der Waals surface area contributed by atoms with Gasteiger partial charge in [0.15, 0.2) is 0 Å². The zero-order valence-electron chi connectivity index (χ0n) is 11.6. The highest BCUT2D eigenvalue weighted by Crippen LogP contribution is 2.36. The molecule has 1 aromatic carbocycles. The molecule has 0 aliphatic heterocycles. The van der Waals surface area contributed by atoms with Crippen LogP contribution in [-0.2, 0) is 4.79 Å². The summed E-state index contributed by atoms with van der Waals surface area (Å²) in [6.07, 6.45) is 5.30. The number of nitrogens with two attached hydrogens (primary N) is 1. The zero-order valence-corrected chi connectivity index (χ0v) is 13.1. The fraction of sp³-hybridized carbons (Fsp3) is 0.467. The molecule has 3 N–H and O–H groups in total. The van der Waals surface area contributed by atoms with E-state index in [1.54, 1.807) is 18.2 Å². The number of hydrogen-bond donors (Lipinski definition) is 2. The molecule has 2 rings (SSSR count). The van der Waals surface area contributed by atoms with E-state index in [0.29, 0.717) is 22.4 Å². The standard InChI is InChI=1S/C15H18Cl2N2O2/c16-12-6-5-10(8-13(12)17)11(14(20)19-15(18)21)7-9-3-1-2-4-9/h5-6,8-9,11H,1-4,7H2,(H3,18,19,20,21). The molecule has 4 nitrogen and oxygen atoms in total. The first kappa shape index (κ1) is 16.1. The van der Waals surface area contributed by atoms with Crippen molar-refractivity contribution in [3.63, 3.8) is 0 Å². The number of carbonyl (C=O) groups is 2.